The summed E-state index contributed by atoms with van der Waals surface area (Å²) < 4.78 is 0. The van der Waals surface area contributed by atoms with E-state index in [1.165, 1.54) is 0 Å². The average Bonchev–Trinajstić information content (AvgIpc) is 2.14. The second-order valence-electron chi connectivity index (χ2n) is 7.80. The molecule has 2 heteroatoms. The minimum absolute atomic E-state index is 0.0601. The number of aliphatic hydroxyl groups excluding tert-OH is 1. The van der Waals surface area contributed by atoms with E-state index in [4.69, 9.17) is 0 Å². The lowest BCUT2D eigenvalue weighted by molar-refractivity contribution is -0.124. The Labute approximate surface area is 106 Å². The number of hydrogen-bond acceptors (Lipinski definition) is 2. The zero-order valence-corrected chi connectivity index (χ0v) is 12.2. The summed E-state index contributed by atoms with van der Waals surface area (Å²) in [6.45, 7) is 13.2. The summed E-state index contributed by atoms with van der Waals surface area (Å²) in [5.74, 6) is 0.554. The Morgan fingerprint density at radius 3 is 1.88 bits per heavy atom. The fourth-order valence-electron chi connectivity index (χ4n) is 3.02. The predicted molar refractivity (Wildman–Crippen MR) is 70.7 cm³/mol. The monoisotopic (exact) mass is 240 g/mol. The van der Waals surface area contributed by atoms with Crippen LogP contribution in [0.3, 0.4) is 0 Å². The Morgan fingerprint density at radius 2 is 1.53 bits per heavy atom. The lowest BCUT2D eigenvalue weighted by Crippen LogP contribution is -2.46. The molecule has 0 aromatic heterocycles. The standard InChI is InChI=1S/C15H28O2/c1-14(2,3)11-7-10(9-16)13(17)12(8-11)15(4,5)6/h9-13,17H,7-8H2,1-6H3. The van der Waals surface area contributed by atoms with Crippen molar-refractivity contribution in [2.45, 2.75) is 60.5 Å². The first-order chi connectivity index (χ1) is 7.57. The summed E-state index contributed by atoms with van der Waals surface area (Å²) in [5.41, 5.74) is 0.273. The van der Waals surface area contributed by atoms with Crippen LogP contribution >= 0.6 is 0 Å². The van der Waals surface area contributed by atoms with Gasteiger partial charge in [-0.05, 0) is 35.5 Å². The van der Waals surface area contributed by atoms with Gasteiger partial charge >= 0.3 is 0 Å². The fourth-order valence-corrected chi connectivity index (χ4v) is 3.02. The highest BCUT2D eigenvalue weighted by molar-refractivity contribution is 5.55. The maximum absolute atomic E-state index is 11.2. The first-order valence-electron chi connectivity index (χ1n) is 6.70. The van der Waals surface area contributed by atoms with Crippen LogP contribution in [0, 0.1) is 28.6 Å². The zero-order chi connectivity index (χ0) is 13.4. The zero-order valence-electron chi connectivity index (χ0n) is 12.2. The normalized spacial score (nSPS) is 35.7. The minimum atomic E-state index is -0.467. The third-order valence-corrected chi connectivity index (χ3v) is 4.46. The van der Waals surface area contributed by atoms with Crippen molar-refractivity contribution in [2.75, 3.05) is 0 Å². The Hall–Kier alpha value is -0.370. The largest absolute Gasteiger partial charge is 0.392 e. The van der Waals surface area contributed by atoms with Gasteiger partial charge in [-0.15, -0.1) is 0 Å². The van der Waals surface area contributed by atoms with Gasteiger partial charge in [0.1, 0.15) is 6.29 Å². The van der Waals surface area contributed by atoms with E-state index in [0.29, 0.717) is 5.92 Å². The highest BCUT2D eigenvalue weighted by Gasteiger charge is 2.44. The highest BCUT2D eigenvalue weighted by Crippen LogP contribution is 2.47. The lowest BCUT2D eigenvalue weighted by Gasteiger charge is -2.47. The van der Waals surface area contributed by atoms with Crippen LogP contribution in [0.1, 0.15) is 54.4 Å². The molecule has 1 aliphatic rings. The van der Waals surface area contributed by atoms with Gasteiger partial charge < -0.3 is 9.90 Å². The molecule has 1 saturated carbocycles. The van der Waals surface area contributed by atoms with E-state index >= 15 is 0 Å². The molecule has 4 atom stereocenters. The van der Waals surface area contributed by atoms with E-state index in [1.807, 2.05) is 0 Å². The van der Waals surface area contributed by atoms with Crippen molar-refractivity contribution in [1.82, 2.24) is 0 Å². The van der Waals surface area contributed by atoms with Crippen molar-refractivity contribution in [3.8, 4) is 0 Å². The maximum Gasteiger partial charge on any atom is 0.125 e. The van der Waals surface area contributed by atoms with Crippen molar-refractivity contribution >= 4 is 6.29 Å². The molecule has 1 rings (SSSR count). The summed E-state index contributed by atoms with van der Waals surface area (Å²) in [5, 5.41) is 10.3. The topological polar surface area (TPSA) is 37.3 Å². The summed E-state index contributed by atoms with van der Waals surface area (Å²) in [6.07, 6.45) is 2.35. The SMILES string of the molecule is CC(C)(C)C1CC(C=O)C(O)C(C(C)(C)C)C1. The number of hydrogen-bond donors (Lipinski definition) is 1. The van der Waals surface area contributed by atoms with Gasteiger partial charge in [0.05, 0.1) is 6.10 Å². The van der Waals surface area contributed by atoms with Gasteiger partial charge in [0, 0.05) is 5.92 Å². The number of aldehydes is 1. The molecule has 2 nitrogen and oxygen atoms in total. The Balaban J connectivity index is 2.95. The molecular formula is C15H28O2. The van der Waals surface area contributed by atoms with Crippen LogP contribution in [0.4, 0.5) is 0 Å². The van der Waals surface area contributed by atoms with Crippen molar-refractivity contribution in [1.29, 1.82) is 0 Å². The molecule has 0 aliphatic heterocycles. The van der Waals surface area contributed by atoms with Gasteiger partial charge in [-0.2, -0.15) is 0 Å². The van der Waals surface area contributed by atoms with Crippen LogP contribution in [0.25, 0.3) is 0 Å². The molecular weight excluding hydrogens is 212 g/mol. The Bertz CT molecular complexity index is 270. The molecule has 100 valence electrons. The first kappa shape index (κ1) is 14.7. The second-order valence-corrected chi connectivity index (χ2v) is 7.80. The molecule has 0 saturated heterocycles. The number of carbonyl (C=O) groups is 1. The third kappa shape index (κ3) is 3.31. The van der Waals surface area contributed by atoms with Gasteiger partial charge in [-0.1, -0.05) is 41.5 Å². The number of rotatable bonds is 1. The van der Waals surface area contributed by atoms with E-state index in [9.17, 15) is 9.90 Å². The predicted octanol–water partition coefficient (Wildman–Crippen LogP) is 3.28. The number of aliphatic hydroxyl groups is 1. The molecule has 0 radical (unpaired) electrons. The summed E-state index contributed by atoms with van der Waals surface area (Å²) in [6, 6.07) is 0. The molecule has 1 aliphatic carbocycles. The van der Waals surface area contributed by atoms with E-state index in [0.717, 1.165) is 19.1 Å². The Morgan fingerprint density at radius 1 is 1.00 bits per heavy atom. The van der Waals surface area contributed by atoms with Crippen molar-refractivity contribution in [3.63, 3.8) is 0 Å². The van der Waals surface area contributed by atoms with Crippen LogP contribution in [-0.2, 0) is 4.79 Å². The van der Waals surface area contributed by atoms with Crippen LogP contribution in [0.2, 0.25) is 0 Å². The fraction of sp³-hybridized carbons (Fsp3) is 0.933. The molecule has 17 heavy (non-hydrogen) atoms. The number of carbonyl (C=O) groups excluding carboxylic acids is 1. The average molecular weight is 240 g/mol. The molecule has 0 bridgehead atoms. The van der Waals surface area contributed by atoms with Crippen molar-refractivity contribution in [3.05, 3.63) is 0 Å². The van der Waals surface area contributed by atoms with Gasteiger partial charge in [0.25, 0.3) is 0 Å². The second kappa shape index (κ2) is 4.72. The molecule has 0 aromatic rings. The maximum atomic E-state index is 11.2. The molecule has 0 spiro atoms. The molecule has 0 heterocycles. The molecule has 0 aromatic carbocycles. The van der Waals surface area contributed by atoms with Gasteiger partial charge in [-0.3, -0.25) is 0 Å². The summed E-state index contributed by atoms with van der Waals surface area (Å²) >= 11 is 0. The van der Waals surface area contributed by atoms with Gasteiger partial charge in [0.2, 0.25) is 0 Å². The summed E-state index contributed by atoms with van der Waals surface area (Å²) in [7, 11) is 0. The third-order valence-electron chi connectivity index (χ3n) is 4.46. The molecule has 4 unspecified atom stereocenters. The lowest BCUT2D eigenvalue weighted by atomic mass is 9.59. The minimum Gasteiger partial charge on any atom is -0.392 e. The van der Waals surface area contributed by atoms with Crippen LogP contribution in [0.5, 0.6) is 0 Å². The van der Waals surface area contributed by atoms with Crippen molar-refractivity contribution < 1.29 is 9.90 Å². The van der Waals surface area contributed by atoms with E-state index < -0.39 is 6.10 Å². The van der Waals surface area contributed by atoms with E-state index in [1.54, 1.807) is 0 Å². The van der Waals surface area contributed by atoms with E-state index in [2.05, 4.69) is 41.5 Å². The molecule has 1 N–H and O–H groups in total. The first-order valence-corrected chi connectivity index (χ1v) is 6.70. The molecule has 0 amide bonds. The summed E-state index contributed by atoms with van der Waals surface area (Å²) in [4.78, 5) is 11.2. The van der Waals surface area contributed by atoms with E-state index in [-0.39, 0.29) is 22.7 Å². The van der Waals surface area contributed by atoms with Crippen molar-refractivity contribution in [2.24, 2.45) is 28.6 Å². The Kier molecular flexibility index (Phi) is 4.08. The quantitative estimate of drug-likeness (QED) is 0.714. The molecule has 1 fully saturated rings. The van der Waals surface area contributed by atoms with Crippen LogP contribution in [-0.4, -0.2) is 17.5 Å². The van der Waals surface area contributed by atoms with Crippen LogP contribution in [0.15, 0.2) is 0 Å². The van der Waals surface area contributed by atoms with Gasteiger partial charge in [0.15, 0.2) is 0 Å². The van der Waals surface area contributed by atoms with Gasteiger partial charge in [-0.25, -0.2) is 0 Å². The smallest absolute Gasteiger partial charge is 0.125 e. The van der Waals surface area contributed by atoms with Crippen LogP contribution < -0.4 is 0 Å². The highest BCUT2D eigenvalue weighted by atomic mass is 16.3.